The molecule has 88 valence electrons. The molecule has 0 fully saturated rings. The van der Waals surface area contributed by atoms with E-state index in [1.165, 1.54) is 5.56 Å². The molecule has 2 rings (SSSR count). The molecule has 17 heavy (non-hydrogen) atoms. The molecule has 2 aromatic rings. The molecule has 0 radical (unpaired) electrons. The number of nitrogens with zero attached hydrogens (tertiary/aromatic N) is 3. The largest absolute Gasteiger partial charge is 0.355 e. The summed E-state index contributed by atoms with van der Waals surface area (Å²) >= 11 is 3.39. The topological polar surface area (TPSA) is 29.0 Å². The van der Waals surface area contributed by atoms with Crippen molar-refractivity contribution in [3.63, 3.8) is 0 Å². The number of aryl methyl sites for hydroxylation is 1. The van der Waals surface area contributed by atoms with Gasteiger partial charge in [-0.15, -0.1) is 0 Å². The molecule has 0 aliphatic rings. The first-order valence-electron chi connectivity index (χ1n) is 5.41. The standard InChI is InChI=1S/C13H14BrN3/c1-10-15-12(14)8-13(16-10)17(2)9-11-6-4-3-5-7-11/h3-8H,9H2,1-2H3. The van der Waals surface area contributed by atoms with Crippen LogP contribution in [-0.2, 0) is 6.54 Å². The van der Waals surface area contributed by atoms with E-state index in [-0.39, 0.29) is 0 Å². The van der Waals surface area contributed by atoms with Crippen molar-refractivity contribution in [2.24, 2.45) is 0 Å². The Labute approximate surface area is 110 Å². The summed E-state index contributed by atoms with van der Waals surface area (Å²) in [6.45, 7) is 2.73. The smallest absolute Gasteiger partial charge is 0.133 e. The highest BCUT2D eigenvalue weighted by molar-refractivity contribution is 9.10. The van der Waals surface area contributed by atoms with Crippen LogP contribution in [0, 0.1) is 6.92 Å². The van der Waals surface area contributed by atoms with Crippen LogP contribution in [0.25, 0.3) is 0 Å². The normalized spacial score (nSPS) is 10.3. The lowest BCUT2D eigenvalue weighted by Crippen LogP contribution is -2.18. The summed E-state index contributed by atoms with van der Waals surface area (Å²) in [5.74, 6) is 1.70. The molecule has 0 unspecified atom stereocenters. The van der Waals surface area contributed by atoms with Crippen LogP contribution in [0.5, 0.6) is 0 Å². The second-order valence-electron chi connectivity index (χ2n) is 3.94. The third kappa shape index (κ3) is 3.27. The van der Waals surface area contributed by atoms with E-state index >= 15 is 0 Å². The second kappa shape index (κ2) is 5.27. The molecule has 4 heteroatoms. The Hall–Kier alpha value is -1.42. The molecule has 0 saturated heterocycles. The van der Waals surface area contributed by atoms with Gasteiger partial charge in [-0.3, -0.25) is 0 Å². The van der Waals surface area contributed by atoms with Crippen molar-refractivity contribution in [2.75, 3.05) is 11.9 Å². The fourth-order valence-corrected chi connectivity index (χ4v) is 2.11. The van der Waals surface area contributed by atoms with Gasteiger partial charge in [-0.05, 0) is 28.4 Å². The van der Waals surface area contributed by atoms with Gasteiger partial charge in [0.1, 0.15) is 16.2 Å². The quantitative estimate of drug-likeness (QED) is 0.814. The number of rotatable bonds is 3. The third-order valence-electron chi connectivity index (χ3n) is 2.45. The van der Waals surface area contributed by atoms with Crippen molar-refractivity contribution in [2.45, 2.75) is 13.5 Å². The fraction of sp³-hybridized carbons (Fsp3) is 0.231. The maximum Gasteiger partial charge on any atom is 0.133 e. The van der Waals surface area contributed by atoms with Crippen LogP contribution in [0.2, 0.25) is 0 Å². The average Bonchev–Trinajstić information content (AvgIpc) is 2.29. The van der Waals surface area contributed by atoms with Crippen molar-refractivity contribution in [3.8, 4) is 0 Å². The van der Waals surface area contributed by atoms with Crippen molar-refractivity contribution in [1.29, 1.82) is 0 Å². The van der Waals surface area contributed by atoms with Crippen LogP contribution >= 0.6 is 15.9 Å². The molecule has 0 bridgehead atoms. The van der Waals surface area contributed by atoms with Gasteiger partial charge in [-0.1, -0.05) is 30.3 Å². The number of benzene rings is 1. The minimum atomic E-state index is 0.772. The molecule has 1 heterocycles. The molecule has 0 atom stereocenters. The van der Waals surface area contributed by atoms with Gasteiger partial charge < -0.3 is 4.90 Å². The minimum Gasteiger partial charge on any atom is -0.355 e. The first-order valence-corrected chi connectivity index (χ1v) is 6.21. The van der Waals surface area contributed by atoms with Crippen molar-refractivity contribution < 1.29 is 0 Å². The van der Waals surface area contributed by atoms with Gasteiger partial charge in [0.2, 0.25) is 0 Å². The first-order chi connectivity index (χ1) is 8.15. The van der Waals surface area contributed by atoms with E-state index in [9.17, 15) is 0 Å². The van der Waals surface area contributed by atoms with Gasteiger partial charge in [0, 0.05) is 19.7 Å². The number of aromatic nitrogens is 2. The molecule has 1 aromatic heterocycles. The number of anilines is 1. The molecule has 0 saturated carbocycles. The van der Waals surface area contributed by atoms with Crippen LogP contribution in [0.4, 0.5) is 5.82 Å². The summed E-state index contributed by atoms with van der Waals surface area (Å²) in [5, 5.41) is 0. The van der Waals surface area contributed by atoms with Gasteiger partial charge >= 0.3 is 0 Å². The summed E-state index contributed by atoms with van der Waals surface area (Å²) in [7, 11) is 2.03. The highest BCUT2D eigenvalue weighted by Gasteiger charge is 2.05. The van der Waals surface area contributed by atoms with Gasteiger partial charge in [-0.25, -0.2) is 9.97 Å². The molecule has 0 N–H and O–H groups in total. The SMILES string of the molecule is Cc1nc(Br)cc(N(C)Cc2ccccc2)n1. The molecule has 0 spiro atoms. The summed E-state index contributed by atoms with van der Waals surface area (Å²) in [6.07, 6.45) is 0. The van der Waals surface area contributed by atoms with Gasteiger partial charge in [0.15, 0.2) is 0 Å². The van der Waals surface area contributed by atoms with E-state index in [0.29, 0.717) is 0 Å². The van der Waals surface area contributed by atoms with Gasteiger partial charge in [-0.2, -0.15) is 0 Å². The molecule has 3 nitrogen and oxygen atoms in total. The monoisotopic (exact) mass is 291 g/mol. The zero-order valence-corrected chi connectivity index (χ0v) is 11.5. The van der Waals surface area contributed by atoms with Crippen molar-refractivity contribution in [3.05, 3.63) is 52.4 Å². The zero-order chi connectivity index (χ0) is 12.3. The van der Waals surface area contributed by atoms with E-state index in [2.05, 4.69) is 42.9 Å². The van der Waals surface area contributed by atoms with Gasteiger partial charge in [0.25, 0.3) is 0 Å². The molecule has 0 aliphatic carbocycles. The Morgan fingerprint density at radius 1 is 1.18 bits per heavy atom. The Balaban J connectivity index is 2.17. The van der Waals surface area contributed by atoms with Crippen LogP contribution in [-0.4, -0.2) is 17.0 Å². The maximum atomic E-state index is 4.41. The zero-order valence-electron chi connectivity index (χ0n) is 9.89. The Kier molecular flexibility index (Phi) is 3.74. The third-order valence-corrected chi connectivity index (χ3v) is 2.85. The van der Waals surface area contributed by atoms with Crippen LogP contribution in [0.1, 0.15) is 11.4 Å². The van der Waals surface area contributed by atoms with Crippen LogP contribution in [0.3, 0.4) is 0 Å². The maximum absolute atomic E-state index is 4.41. The minimum absolute atomic E-state index is 0.772. The predicted octanol–water partition coefficient (Wildman–Crippen LogP) is 3.18. The van der Waals surface area contributed by atoms with E-state index in [0.717, 1.165) is 22.8 Å². The Bertz CT molecular complexity index is 479. The Morgan fingerprint density at radius 3 is 2.53 bits per heavy atom. The summed E-state index contributed by atoms with van der Waals surface area (Å²) in [6, 6.07) is 12.3. The first kappa shape index (κ1) is 12.0. The molecule has 0 aliphatic heterocycles. The average molecular weight is 292 g/mol. The van der Waals surface area contributed by atoms with Gasteiger partial charge in [0.05, 0.1) is 0 Å². The van der Waals surface area contributed by atoms with E-state index in [1.54, 1.807) is 0 Å². The highest BCUT2D eigenvalue weighted by atomic mass is 79.9. The highest BCUT2D eigenvalue weighted by Crippen LogP contribution is 2.17. The molecule has 1 aromatic carbocycles. The van der Waals surface area contributed by atoms with Crippen molar-refractivity contribution in [1.82, 2.24) is 9.97 Å². The molecular formula is C13H14BrN3. The number of halogens is 1. The van der Waals surface area contributed by atoms with Crippen LogP contribution in [0.15, 0.2) is 41.0 Å². The molecule has 0 amide bonds. The van der Waals surface area contributed by atoms with E-state index in [1.807, 2.05) is 38.2 Å². The Morgan fingerprint density at radius 2 is 1.88 bits per heavy atom. The second-order valence-corrected chi connectivity index (χ2v) is 4.75. The lowest BCUT2D eigenvalue weighted by atomic mass is 10.2. The lowest BCUT2D eigenvalue weighted by Gasteiger charge is -2.18. The number of hydrogen-bond acceptors (Lipinski definition) is 3. The summed E-state index contributed by atoms with van der Waals surface area (Å²) in [5.41, 5.74) is 1.27. The molecular weight excluding hydrogens is 278 g/mol. The fourth-order valence-electron chi connectivity index (χ4n) is 1.65. The van der Waals surface area contributed by atoms with E-state index in [4.69, 9.17) is 0 Å². The predicted molar refractivity (Wildman–Crippen MR) is 73.0 cm³/mol. The number of hydrogen-bond donors (Lipinski definition) is 0. The summed E-state index contributed by atoms with van der Waals surface area (Å²) in [4.78, 5) is 10.7. The lowest BCUT2D eigenvalue weighted by molar-refractivity contribution is 0.875. The van der Waals surface area contributed by atoms with Crippen molar-refractivity contribution >= 4 is 21.7 Å². The van der Waals surface area contributed by atoms with Crippen LogP contribution < -0.4 is 4.90 Å². The van der Waals surface area contributed by atoms with E-state index < -0.39 is 0 Å². The summed E-state index contributed by atoms with van der Waals surface area (Å²) < 4.78 is 0.819.